The molecule has 0 bridgehead atoms. The van der Waals surface area contributed by atoms with E-state index in [1.165, 1.54) is 44.6 Å². The average molecular weight is 699 g/mol. The van der Waals surface area contributed by atoms with Crippen molar-refractivity contribution >= 4 is 17.8 Å². The number of methoxy groups -OCH3 is 2. The average Bonchev–Trinajstić information content (AvgIpc) is 3.11. The number of ketones is 1. The summed E-state index contributed by atoms with van der Waals surface area (Å²) >= 11 is 0. The zero-order chi connectivity index (χ0) is 36.4. The zero-order valence-electron chi connectivity index (χ0n) is 27.5. The molecule has 0 saturated carbocycles. The molecule has 0 aliphatic carbocycles. The number of hydrogen-bond acceptors (Lipinski definition) is 14. The number of rotatable bonds is 16. The second-order valence-corrected chi connectivity index (χ2v) is 11.8. The summed E-state index contributed by atoms with van der Waals surface area (Å²) in [6.45, 7) is -0.504. The minimum absolute atomic E-state index is 0.0505. The van der Waals surface area contributed by atoms with Gasteiger partial charge in [0.1, 0.15) is 36.8 Å². The predicted molar refractivity (Wildman–Crippen MR) is 177 cm³/mol. The number of aryl methyl sites for hydroxylation is 2. The lowest BCUT2D eigenvalue weighted by Crippen LogP contribution is -2.60. The number of aliphatic hydroxyl groups is 3. The minimum Gasteiger partial charge on any atom is -0.504 e. The van der Waals surface area contributed by atoms with Crippen LogP contribution in [0.1, 0.15) is 36.0 Å². The maximum absolute atomic E-state index is 13.1. The van der Waals surface area contributed by atoms with Crippen molar-refractivity contribution in [2.75, 3.05) is 20.8 Å². The first-order valence-corrected chi connectivity index (χ1v) is 15.8. The SMILES string of the molecule is COc1ccc(C=CC(=O)OC[C@H]2O[C@@H](O[C@@H](CCc3ccc(O)c(O)c3)CC(=O)CCc3ccc(O)c(O)c3)[C@H](O)[C@@H](O)[C@@H]2O)cc1OC. The van der Waals surface area contributed by atoms with Crippen LogP contribution in [0.25, 0.3) is 6.08 Å². The van der Waals surface area contributed by atoms with Crippen molar-refractivity contribution in [3.63, 3.8) is 0 Å². The van der Waals surface area contributed by atoms with Crippen LogP contribution in [-0.2, 0) is 36.6 Å². The second-order valence-electron chi connectivity index (χ2n) is 11.8. The summed E-state index contributed by atoms with van der Waals surface area (Å²) in [5, 5.41) is 70.8. The standard InChI is InChI=1S/C36H42O14/c1-46-29-13-7-22(17-30(29)47-2)8-14-32(42)48-19-31-33(43)34(44)35(45)36(50-31)49-24(10-4-21-6-12-26(39)28(41)16-21)18-23(37)9-3-20-5-11-25(38)27(40)15-20/h5-8,11-17,24,31,33-36,38-41,43-45H,3-4,9-10,18-19H2,1-2H3/t24-,31+,33+,34-,35+,36+/m0/s1. The molecule has 0 amide bonds. The van der Waals surface area contributed by atoms with Gasteiger partial charge in [0.15, 0.2) is 40.8 Å². The Balaban J connectivity index is 1.41. The quantitative estimate of drug-likeness (QED) is 0.0649. The van der Waals surface area contributed by atoms with Gasteiger partial charge in [-0.2, -0.15) is 0 Å². The summed E-state index contributed by atoms with van der Waals surface area (Å²) in [5.41, 5.74) is 1.85. The Bertz CT molecular complexity index is 1640. The fourth-order valence-corrected chi connectivity index (χ4v) is 5.32. The molecule has 3 aromatic carbocycles. The molecule has 270 valence electrons. The topological polar surface area (TPSA) is 222 Å². The maximum atomic E-state index is 13.1. The molecule has 1 aliphatic rings. The van der Waals surface area contributed by atoms with Crippen LogP contribution in [0.15, 0.2) is 60.7 Å². The van der Waals surface area contributed by atoms with Crippen molar-refractivity contribution in [1.29, 1.82) is 0 Å². The third-order valence-corrected chi connectivity index (χ3v) is 8.19. The van der Waals surface area contributed by atoms with Crippen LogP contribution in [0, 0.1) is 0 Å². The number of aromatic hydroxyl groups is 4. The van der Waals surface area contributed by atoms with Gasteiger partial charge in [0, 0.05) is 18.9 Å². The molecule has 0 unspecified atom stereocenters. The molecular weight excluding hydrogens is 656 g/mol. The summed E-state index contributed by atoms with van der Waals surface area (Å²) in [6.07, 6.45) is -5.59. The third kappa shape index (κ3) is 10.3. The molecule has 0 spiro atoms. The molecular formula is C36H42O14. The summed E-state index contributed by atoms with van der Waals surface area (Å²) in [4.78, 5) is 25.6. The lowest BCUT2D eigenvalue weighted by Gasteiger charge is -2.41. The first kappa shape index (κ1) is 38.0. The van der Waals surface area contributed by atoms with Crippen molar-refractivity contribution in [3.05, 3.63) is 77.4 Å². The second kappa shape index (κ2) is 17.7. The van der Waals surface area contributed by atoms with Crippen molar-refractivity contribution in [2.24, 2.45) is 0 Å². The van der Waals surface area contributed by atoms with Crippen LogP contribution in [0.2, 0.25) is 0 Å². The number of phenolic OH excluding ortho intramolecular Hbond substituents is 4. The normalized spacial score (nSPS) is 21.1. The summed E-state index contributed by atoms with van der Waals surface area (Å²) < 4.78 is 27.5. The maximum Gasteiger partial charge on any atom is 0.330 e. The number of ether oxygens (including phenoxy) is 5. The molecule has 0 radical (unpaired) electrons. The number of hydrogen-bond donors (Lipinski definition) is 7. The molecule has 14 nitrogen and oxygen atoms in total. The van der Waals surface area contributed by atoms with E-state index in [1.54, 1.807) is 30.3 Å². The smallest absolute Gasteiger partial charge is 0.330 e. The van der Waals surface area contributed by atoms with Crippen LogP contribution in [-0.4, -0.2) is 105 Å². The molecule has 1 heterocycles. The molecule has 1 fully saturated rings. The fourth-order valence-electron chi connectivity index (χ4n) is 5.32. The Morgan fingerprint density at radius 3 is 2.04 bits per heavy atom. The highest BCUT2D eigenvalue weighted by atomic mass is 16.7. The van der Waals surface area contributed by atoms with E-state index in [0.717, 1.165) is 6.08 Å². The Kier molecular flexibility index (Phi) is 13.4. The highest BCUT2D eigenvalue weighted by Gasteiger charge is 2.45. The van der Waals surface area contributed by atoms with Crippen molar-refractivity contribution in [2.45, 2.75) is 68.9 Å². The summed E-state index contributed by atoms with van der Waals surface area (Å²) in [5.74, 6) is -1.28. The first-order valence-electron chi connectivity index (χ1n) is 15.8. The molecule has 1 aliphatic heterocycles. The Labute approximate surface area is 288 Å². The van der Waals surface area contributed by atoms with E-state index >= 15 is 0 Å². The Hall–Kier alpha value is -4.86. The van der Waals surface area contributed by atoms with Gasteiger partial charge in [-0.3, -0.25) is 4.79 Å². The van der Waals surface area contributed by atoms with E-state index in [9.17, 15) is 45.3 Å². The molecule has 3 aromatic rings. The van der Waals surface area contributed by atoms with Crippen LogP contribution in [0.5, 0.6) is 34.5 Å². The van der Waals surface area contributed by atoms with Crippen LogP contribution < -0.4 is 9.47 Å². The molecule has 6 atom stereocenters. The van der Waals surface area contributed by atoms with E-state index in [2.05, 4.69) is 0 Å². The van der Waals surface area contributed by atoms with Gasteiger partial charge >= 0.3 is 5.97 Å². The number of carbonyl (C=O) groups excluding carboxylic acids is 2. The van der Waals surface area contributed by atoms with Gasteiger partial charge in [-0.1, -0.05) is 18.2 Å². The van der Waals surface area contributed by atoms with Gasteiger partial charge in [0.2, 0.25) is 0 Å². The van der Waals surface area contributed by atoms with Crippen LogP contribution in [0.3, 0.4) is 0 Å². The van der Waals surface area contributed by atoms with Crippen molar-refractivity contribution < 1.29 is 69.0 Å². The third-order valence-electron chi connectivity index (χ3n) is 8.19. The highest BCUT2D eigenvalue weighted by Crippen LogP contribution is 2.30. The van der Waals surface area contributed by atoms with E-state index < -0.39 is 49.4 Å². The summed E-state index contributed by atoms with van der Waals surface area (Å²) in [6, 6.07) is 13.5. The van der Waals surface area contributed by atoms with E-state index in [1.807, 2.05) is 0 Å². The highest BCUT2D eigenvalue weighted by molar-refractivity contribution is 5.87. The number of carbonyl (C=O) groups is 2. The molecule has 0 aromatic heterocycles. The fraction of sp³-hybridized carbons (Fsp3) is 0.389. The number of phenols is 4. The molecule has 50 heavy (non-hydrogen) atoms. The van der Waals surface area contributed by atoms with Gasteiger partial charge in [0.25, 0.3) is 0 Å². The lowest BCUT2D eigenvalue weighted by atomic mass is 9.97. The molecule has 7 N–H and O–H groups in total. The van der Waals surface area contributed by atoms with Gasteiger partial charge in [0.05, 0.1) is 20.3 Å². The van der Waals surface area contributed by atoms with Gasteiger partial charge in [-0.15, -0.1) is 0 Å². The first-order chi connectivity index (χ1) is 23.9. The van der Waals surface area contributed by atoms with Crippen molar-refractivity contribution in [3.8, 4) is 34.5 Å². The number of benzene rings is 3. The lowest BCUT2D eigenvalue weighted by molar-refractivity contribution is -0.311. The zero-order valence-corrected chi connectivity index (χ0v) is 27.5. The predicted octanol–water partition coefficient (Wildman–Crippen LogP) is 2.50. The number of aliphatic hydroxyl groups excluding tert-OH is 3. The van der Waals surface area contributed by atoms with E-state index in [-0.39, 0.29) is 60.9 Å². The van der Waals surface area contributed by atoms with Gasteiger partial charge < -0.3 is 59.4 Å². The van der Waals surface area contributed by atoms with E-state index in [0.29, 0.717) is 28.2 Å². The minimum atomic E-state index is -1.74. The molecule has 1 saturated heterocycles. The summed E-state index contributed by atoms with van der Waals surface area (Å²) in [7, 11) is 2.97. The Morgan fingerprint density at radius 1 is 0.780 bits per heavy atom. The molecule has 4 rings (SSSR count). The largest absolute Gasteiger partial charge is 0.504 e. The van der Waals surface area contributed by atoms with Crippen LogP contribution >= 0.6 is 0 Å². The monoisotopic (exact) mass is 698 g/mol. The van der Waals surface area contributed by atoms with Crippen molar-refractivity contribution in [1.82, 2.24) is 0 Å². The van der Waals surface area contributed by atoms with Gasteiger partial charge in [-0.05, 0) is 78.4 Å². The Morgan fingerprint density at radius 2 is 1.42 bits per heavy atom. The van der Waals surface area contributed by atoms with E-state index in [4.69, 9.17) is 23.7 Å². The number of Topliss-reactive ketones (excluding diaryl/α,β-unsaturated/α-hetero) is 1. The number of esters is 1. The van der Waals surface area contributed by atoms with Gasteiger partial charge in [-0.25, -0.2) is 4.79 Å². The van der Waals surface area contributed by atoms with Crippen LogP contribution in [0.4, 0.5) is 0 Å². The molecule has 14 heteroatoms.